The Morgan fingerprint density at radius 1 is 1.21 bits per heavy atom. The third kappa shape index (κ3) is 6.52. The summed E-state index contributed by atoms with van der Waals surface area (Å²) in [6, 6.07) is 5.63. The summed E-state index contributed by atoms with van der Waals surface area (Å²) in [5.74, 6) is -0.161. The summed E-state index contributed by atoms with van der Waals surface area (Å²) in [6.07, 6.45) is 3.05. The molecule has 0 atom stereocenters. The second-order valence-electron chi connectivity index (χ2n) is 3.91. The van der Waals surface area contributed by atoms with E-state index in [2.05, 4.69) is 26.0 Å². The second kappa shape index (κ2) is 8.85. The first-order valence-corrected chi connectivity index (χ1v) is 7.14. The molecular weight excluding hydrogens is 320 g/mol. The summed E-state index contributed by atoms with van der Waals surface area (Å²) in [7, 11) is 0. The first kappa shape index (κ1) is 15.9. The molecule has 0 aliphatic heterocycles. The molecule has 0 heterocycles. The largest absolute Gasteiger partial charge is 0.435 e. The Labute approximate surface area is 119 Å². The van der Waals surface area contributed by atoms with Gasteiger partial charge in [0.15, 0.2) is 0 Å². The lowest BCUT2D eigenvalue weighted by Crippen LogP contribution is -2.24. The fourth-order valence-corrected chi connectivity index (χ4v) is 1.88. The number of carbonyl (C=O) groups is 1. The number of alkyl halides is 3. The van der Waals surface area contributed by atoms with Crippen molar-refractivity contribution in [2.24, 2.45) is 0 Å². The summed E-state index contributed by atoms with van der Waals surface area (Å²) in [4.78, 5) is 11.7. The van der Waals surface area contributed by atoms with Crippen LogP contribution in [0.4, 0.5) is 8.78 Å². The fraction of sp³-hybridized carbons (Fsp3) is 0.462. The summed E-state index contributed by atoms with van der Waals surface area (Å²) < 4.78 is 28.1. The van der Waals surface area contributed by atoms with Crippen molar-refractivity contribution in [2.45, 2.75) is 25.9 Å². The zero-order chi connectivity index (χ0) is 14.1. The lowest BCUT2D eigenvalue weighted by Gasteiger charge is -2.07. The first-order valence-electron chi connectivity index (χ1n) is 6.02. The lowest BCUT2D eigenvalue weighted by atomic mass is 10.2. The van der Waals surface area contributed by atoms with Gasteiger partial charge < -0.3 is 10.1 Å². The Morgan fingerprint density at radius 3 is 2.47 bits per heavy atom. The van der Waals surface area contributed by atoms with E-state index >= 15 is 0 Å². The molecule has 19 heavy (non-hydrogen) atoms. The zero-order valence-corrected chi connectivity index (χ0v) is 12.0. The highest BCUT2D eigenvalue weighted by molar-refractivity contribution is 9.09. The number of benzene rings is 1. The molecule has 0 radical (unpaired) electrons. The topological polar surface area (TPSA) is 38.3 Å². The molecule has 1 N–H and O–H groups in total. The van der Waals surface area contributed by atoms with Crippen LogP contribution in [0.5, 0.6) is 5.75 Å². The van der Waals surface area contributed by atoms with Crippen LogP contribution in [0.3, 0.4) is 0 Å². The summed E-state index contributed by atoms with van der Waals surface area (Å²) >= 11 is 3.34. The zero-order valence-electron chi connectivity index (χ0n) is 10.4. The van der Waals surface area contributed by atoms with Crippen LogP contribution in [0.25, 0.3) is 0 Å². The van der Waals surface area contributed by atoms with Gasteiger partial charge in [0.05, 0.1) is 0 Å². The first-order chi connectivity index (χ1) is 9.13. The highest BCUT2D eigenvalue weighted by Gasteiger charge is 2.07. The number of amides is 1. The number of unbranched alkanes of at least 4 members (excludes halogenated alkanes) is 2. The van der Waals surface area contributed by atoms with Crippen LogP contribution in [0.15, 0.2) is 24.3 Å². The molecule has 0 fully saturated rings. The van der Waals surface area contributed by atoms with Gasteiger partial charge in [0.2, 0.25) is 0 Å². The maximum Gasteiger partial charge on any atom is 0.387 e. The van der Waals surface area contributed by atoms with Crippen molar-refractivity contribution in [3.05, 3.63) is 29.8 Å². The van der Waals surface area contributed by atoms with Crippen molar-refractivity contribution in [1.29, 1.82) is 0 Å². The molecular formula is C13H16BrF2NO2. The third-order valence-electron chi connectivity index (χ3n) is 2.44. The van der Waals surface area contributed by atoms with Gasteiger partial charge in [-0.15, -0.1) is 0 Å². The smallest absolute Gasteiger partial charge is 0.387 e. The van der Waals surface area contributed by atoms with E-state index in [4.69, 9.17) is 0 Å². The number of hydrogen-bond donors (Lipinski definition) is 1. The van der Waals surface area contributed by atoms with Crippen molar-refractivity contribution in [3.63, 3.8) is 0 Å². The minimum atomic E-state index is -2.85. The Kier molecular flexibility index (Phi) is 7.40. The molecule has 3 nitrogen and oxygen atoms in total. The quantitative estimate of drug-likeness (QED) is 0.582. The van der Waals surface area contributed by atoms with E-state index in [1.54, 1.807) is 0 Å². The number of carbonyl (C=O) groups excluding carboxylic acids is 1. The van der Waals surface area contributed by atoms with Gasteiger partial charge in [0.1, 0.15) is 5.75 Å². The summed E-state index contributed by atoms with van der Waals surface area (Å²) in [5.41, 5.74) is 0.433. The van der Waals surface area contributed by atoms with Gasteiger partial charge in [0.25, 0.3) is 5.91 Å². The van der Waals surface area contributed by atoms with Gasteiger partial charge >= 0.3 is 6.61 Å². The molecule has 0 bridgehead atoms. The molecule has 0 aliphatic rings. The minimum absolute atomic E-state index is 0.0453. The van der Waals surface area contributed by atoms with Gasteiger partial charge in [-0.05, 0) is 37.1 Å². The lowest BCUT2D eigenvalue weighted by molar-refractivity contribution is -0.0498. The third-order valence-corrected chi connectivity index (χ3v) is 3.00. The fourth-order valence-electron chi connectivity index (χ4n) is 1.49. The van der Waals surface area contributed by atoms with Crippen LogP contribution < -0.4 is 10.1 Å². The molecule has 1 aromatic carbocycles. The number of rotatable bonds is 8. The molecule has 0 unspecified atom stereocenters. The van der Waals surface area contributed by atoms with Gasteiger partial charge in [-0.2, -0.15) is 8.78 Å². The van der Waals surface area contributed by atoms with E-state index in [1.165, 1.54) is 24.3 Å². The maximum atomic E-state index is 11.9. The molecule has 0 saturated carbocycles. The highest BCUT2D eigenvalue weighted by Crippen LogP contribution is 2.14. The average Bonchev–Trinajstić information content (AvgIpc) is 2.38. The minimum Gasteiger partial charge on any atom is -0.435 e. The number of nitrogens with one attached hydrogen (secondary N) is 1. The summed E-state index contributed by atoms with van der Waals surface area (Å²) in [5, 5.41) is 3.74. The molecule has 0 aromatic heterocycles. The van der Waals surface area contributed by atoms with Crippen molar-refractivity contribution < 1.29 is 18.3 Å². The second-order valence-corrected chi connectivity index (χ2v) is 4.70. The van der Waals surface area contributed by atoms with E-state index in [0.29, 0.717) is 12.1 Å². The molecule has 0 aliphatic carbocycles. The van der Waals surface area contributed by atoms with E-state index in [9.17, 15) is 13.6 Å². The standard InChI is InChI=1S/C13H16BrF2NO2/c14-8-2-1-3-9-17-12(18)10-4-6-11(7-5-10)19-13(15)16/h4-7,13H,1-3,8-9H2,(H,17,18). The molecule has 1 rings (SSSR count). The van der Waals surface area contributed by atoms with E-state index < -0.39 is 6.61 Å². The summed E-state index contributed by atoms with van der Waals surface area (Å²) in [6.45, 7) is -2.24. The van der Waals surface area contributed by atoms with Crippen molar-refractivity contribution in [2.75, 3.05) is 11.9 Å². The van der Waals surface area contributed by atoms with E-state index in [1.807, 2.05) is 0 Å². The van der Waals surface area contributed by atoms with Crippen LogP contribution in [0, 0.1) is 0 Å². The predicted octanol–water partition coefficient (Wildman–Crippen LogP) is 3.58. The molecule has 0 saturated heterocycles. The van der Waals surface area contributed by atoms with E-state index in [-0.39, 0.29) is 11.7 Å². The Hall–Kier alpha value is -1.17. The van der Waals surface area contributed by atoms with Gasteiger partial charge in [-0.1, -0.05) is 22.4 Å². The monoisotopic (exact) mass is 335 g/mol. The Morgan fingerprint density at radius 2 is 1.89 bits per heavy atom. The van der Waals surface area contributed by atoms with E-state index in [0.717, 1.165) is 24.6 Å². The van der Waals surface area contributed by atoms with Crippen molar-refractivity contribution in [3.8, 4) is 5.75 Å². The van der Waals surface area contributed by atoms with Crippen LogP contribution in [-0.4, -0.2) is 24.4 Å². The van der Waals surface area contributed by atoms with Gasteiger partial charge in [0, 0.05) is 17.4 Å². The molecule has 106 valence electrons. The van der Waals surface area contributed by atoms with Crippen LogP contribution >= 0.6 is 15.9 Å². The normalized spacial score (nSPS) is 10.5. The van der Waals surface area contributed by atoms with Crippen LogP contribution in [-0.2, 0) is 0 Å². The number of ether oxygens (including phenoxy) is 1. The van der Waals surface area contributed by atoms with Gasteiger partial charge in [-0.25, -0.2) is 0 Å². The van der Waals surface area contributed by atoms with Crippen molar-refractivity contribution in [1.82, 2.24) is 5.32 Å². The number of halogens is 3. The predicted molar refractivity (Wildman–Crippen MR) is 73.1 cm³/mol. The van der Waals surface area contributed by atoms with Crippen LogP contribution in [0.1, 0.15) is 29.6 Å². The number of hydrogen-bond acceptors (Lipinski definition) is 2. The maximum absolute atomic E-state index is 11.9. The Bertz CT molecular complexity index is 385. The van der Waals surface area contributed by atoms with Crippen molar-refractivity contribution >= 4 is 21.8 Å². The highest BCUT2D eigenvalue weighted by atomic mass is 79.9. The average molecular weight is 336 g/mol. The SMILES string of the molecule is O=C(NCCCCCBr)c1ccc(OC(F)F)cc1. The molecule has 1 amide bonds. The van der Waals surface area contributed by atoms with Gasteiger partial charge in [-0.3, -0.25) is 4.79 Å². The Balaban J connectivity index is 2.36. The molecule has 6 heteroatoms. The van der Waals surface area contributed by atoms with Crippen LogP contribution in [0.2, 0.25) is 0 Å². The molecule has 0 spiro atoms. The molecule has 1 aromatic rings.